The fourth-order valence-corrected chi connectivity index (χ4v) is 1.33. The summed E-state index contributed by atoms with van der Waals surface area (Å²) in [5.74, 6) is 1.57. The maximum atomic E-state index is 5.45. The van der Waals surface area contributed by atoms with E-state index in [9.17, 15) is 0 Å². The molecule has 0 radical (unpaired) electrons. The molecule has 1 rings (SSSR count). The SMILES string of the molecule is COc1ccc(CNOC(C)(C)C)c(OC)c1. The third-order valence-electron chi connectivity index (χ3n) is 2.14. The van der Waals surface area contributed by atoms with Crippen molar-refractivity contribution in [1.82, 2.24) is 5.48 Å². The lowest BCUT2D eigenvalue weighted by molar-refractivity contribution is -0.0759. The molecule has 0 heterocycles. The van der Waals surface area contributed by atoms with Gasteiger partial charge in [-0.15, -0.1) is 0 Å². The minimum absolute atomic E-state index is 0.209. The molecule has 0 aromatic heterocycles. The van der Waals surface area contributed by atoms with Gasteiger partial charge < -0.3 is 9.47 Å². The zero-order chi connectivity index (χ0) is 12.9. The molecule has 0 aliphatic carbocycles. The van der Waals surface area contributed by atoms with Crippen LogP contribution in [0.3, 0.4) is 0 Å². The topological polar surface area (TPSA) is 39.7 Å². The minimum atomic E-state index is -0.209. The number of hydrogen-bond donors (Lipinski definition) is 1. The number of hydrogen-bond acceptors (Lipinski definition) is 4. The average molecular weight is 239 g/mol. The molecule has 4 heteroatoms. The van der Waals surface area contributed by atoms with E-state index in [2.05, 4.69) is 5.48 Å². The number of ether oxygens (including phenoxy) is 2. The second kappa shape index (κ2) is 5.89. The molecule has 0 fully saturated rings. The standard InChI is InChI=1S/C13H21NO3/c1-13(2,3)17-14-9-10-6-7-11(15-4)8-12(10)16-5/h6-8,14H,9H2,1-5H3. The zero-order valence-corrected chi connectivity index (χ0v) is 11.2. The molecule has 0 amide bonds. The van der Waals surface area contributed by atoms with Crippen LogP contribution in [0.15, 0.2) is 18.2 Å². The molecule has 1 N–H and O–H groups in total. The molecular formula is C13H21NO3. The van der Waals surface area contributed by atoms with Crippen LogP contribution in [0.25, 0.3) is 0 Å². The van der Waals surface area contributed by atoms with Crippen molar-refractivity contribution in [2.45, 2.75) is 32.9 Å². The highest BCUT2D eigenvalue weighted by molar-refractivity contribution is 5.40. The first kappa shape index (κ1) is 13.8. The minimum Gasteiger partial charge on any atom is -0.497 e. The van der Waals surface area contributed by atoms with E-state index in [4.69, 9.17) is 14.3 Å². The molecule has 96 valence electrons. The summed E-state index contributed by atoms with van der Waals surface area (Å²) < 4.78 is 10.4. The number of rotatable bonds is 5. The van der Waals surface area contributed by atoms with E-state index in [0.29, 0.717) is 6.54 Å². The Bertz CT molecular complexity index is 358. The Balaban J connectivity index is 2.64. The van der Waals surface area contributed by atoms with Gasteiger partial charge in [-0.1, -0.05) is 6.07 Å². The molecule has 0 saturated carbocycles. The van der Waals surface area contributed by atoms with Crippen LogP contribution in [0.5, 0.6) is 11.5 Å². The van der Waals surface area contributed by atoms with Crippen LogP contribution in [0.4, 0.5) is 0 Å². The quantitative estimate of drug-likeness (QED) is 0.801. The number of methoxy groups -OCH3 is 2. The third kappa shape index (κ3) is 4.63. The van der Waals surface area contributed by atoms with Gasteiger partial charge in [-0.2, -0.15) is 5.48 Å². The summed E-state index contributed by atoms with van der Waals surface area (Å²) in [6.07, 6.45) is 0. The fraction of sp³-hybridized carbons (Fsp3) is 0.538. The zero-order valence-electron chi connectivity index (χ0n) is 11.2. The Morgan fingerprint density at radius 3 is 2.35 bits per heavy atom. The highest BCUT2D eigenvalue weighted by atomic mass is 16.7. The molecule has 4 nitrogen and oxygen atoms in total. The monoisotopic (exact) mass is 239 g/mol. The van der Waals surface area contributed by atoms with Gasteiger partial charge in [0.05, 0.1) is 19.8 Å². The van der Waals surface area contributed by atoms with Gasteiger partial charge in [0.15, 0.2) is 0 Å². The van der Waals surface area contributed by atoms with Gasteiger partial charge in [-0.3, -0.25) is 4.84 Å². The lowest BCUT2D eigenvalue weighted by Gasteiger charge is -2.20. The molecular weight excluding hydrogens is 218 g/mol. The van der Waals surface area contributed by atoms with Gasteiger partial charge in [-0.25, -0.2) is 0 Å². The van der Waals surface area contributed by atoms with Crippen LogP contribution in [0, 0.1) is 0 Å². The third-order valence-corrected chi connectivity index (χ3v) is 2.14. The van der Waals surface area contributed by atoms with Crippen molar-refractivity contribution in [2.75, 3.05) is 14.2 Å². The molecule has 1 aromatic rings. The van der Waals surface area contributed by atoms with Crippen molar-refractivity contribution in [2.24, 2.45) is 0 Å². The van der Waals surface area contributed by atoms with E-state index in [-0.39, 0.29) is 5.60 Å². The van der Waals surface area contributed by atoms with E-state index < -0.39 is 0 Å². The van der Waals surface area contributed by atoms with E-state index in [1.165, 1.54) is 0 Å². The fourth-order valence-electron chi connectivity index (χ4n) is 1.33. The first-order valence-corrected chi connectivity index (χ1v) is 5.58. The van der Waals surface area contributed by atoms with Crippen molar-refractivity contribution in [3.05, 3.63) is 23.8 Å². The van der Waals surface area contributed by atoms with E-state index >= 15 is 0 Å². The smallest absolute Gasteiger partial charge is 0.127 e. The van der Waals surface area contributed by atoms with Gasteiger partial charge in [0.25, 0.3) is 0 Å². The maximum absolute atomic E-state index is 5.45. The average Bonchev–Trinajstić information content (AvgIpc) is 2.27. The van der Waals surface area contributed by atoms with E-state index in [0.717, 1.165) is 17.1 Å². The summed E-state index contributed by atoms with van der Waals surface area (Å²) in [6, 6.07) is 5.71. The van der Waals surface area contributed by atoms with Crippen LogP contribution in [-0.2, 0) is 11.4 Å². The molecule has 0 unspecified atom stereocenters. The van der Waals surface area contributed by atoms with Crippen molar-refractivity contribution in [1.29, 1.82) is 0 Å². The molecule has 17 heavy (non-hydrogen) atoms. The summed E-state index contributed by atoms with van der Waals surface area (Å²) in [5, 5.41) is 0. The summed E-state index contributed by atoms with van der Waals surface area (Å²) in [6.45, 7) is 6.56. The van der Waals surface area contributed by atoms with E-state index in [1.54, 1.807) is 14.2 Å². The number of hydroxylamine groups is 1. The van der Waals surface area contributed by atoms with Gasteiger partial charge in [0.1, 0.15) is 11.5 Å². The lowest BCUT2D eigenvalue weighted by Crippen LogP contribution is -2.28. The van der Waals surface area contributed by atoms with Crippen molar-refractivity contribution in [3.8, 4) is 11.5 Å². The molecule has 1 aromatic carbocycles. The number of benzene rings is 1. The van der Waals surface area contributed by atoms with Gasteiger partial charge in [-0.05, 0) is 26.8 Å². The maximum Gasteiger partial charge on any atom is 0.127 e. The summed E-state index contributed by atoms with van der Waals surface area (Å²) in [5.41, 5.74) is 3.75. The summed E-state index contributed by atoms with van der Waals surface area (Å²) in [7, 11) is 3.28. The van der Waals surface area contributed by atoms with Gasteiger partial charge in [0, 0.05) is 18.2 Å². The van der Waals surface area contributed by atoms with Crippen LogP contribution in [0.1, 0.15) is 26.3 Å². The van der Waals surface area contributed by atoms with Crippen molar-refractivity contribution in [3.63, 3.8) is 0 Å². The first-order valence-electron chi connectivity index (χ1n) is 5.58. The molecule has 0 bridgehead atoms. The van der Waals surface area contributed by atoms with E-state index in [1.807, 2.05) is 39.0 Å². The summed E-state index contributed by atoms with van der Waals surface area (Å²) >= 11 is 0. The molecule has 0 aliphatic rings. The lowest BCUT2D eigenvalue weighted by atomic mass is 10.2. The highest BCUT2D eigenvalue weighted by Gasteiger charge is 2.11. The predicted octanol–water partition coefficient (Wildman–Crippen LogP) is 2.52. The first-order chi connectivity index (χ1) is 7.96. The van der Waals surface area contributed by atoms with Crippen LogP contribution >= 0.6 is 0 Å². The van der Waals surface area contributed by atoms with Crippen molar-refractivity contribution >= 4 is 0 Å². The Hall–Kier alpha value is -1.26. The van der Waals surface area contributed by atoms with Crippen LogP contribution in [0.2, 0.25) is 0 Å². The Labute approximate surface area is 103 Å². The van der Waals surface area contributed by atoms with Crippen LogP contribution in [-0.4, -0.2) is 19.8 Å². The largest absolute Gasteiger partial charge is 0.497 e. The Morgan fingerprint density at radius 2 is 1.82 bits per heavy atom. The van der Waals surface area contributed by atoms with Gasteiger partial charge in [0.2, 0.25) is 0 Å². The second-order valence-corrected chi connectivity index (χ2v) is 4.71. The van der Waals surface area contributed by atoms with Crippen LogP contribution < -0.4 is 15.0 Å². The molecule has 0 spiro atoms. The highest BCUT2D eigenvalue weighted by Crippen LogP contribution is 2.24. The molecule has 0 aliphatic heterocycles. The molecule has 0 atom stereocenters. The second-order valence-electron chi connectivity index (χ2n) is 4.71. The van der Waals surface area contributed by atoms with Crippen molar-refractivity contribution < 1.29 is 14.3 Å². The Morgan fingerprint density at radius 1 is 1.12 bits per heavy atom. The van der Waals surface area contributed by atoms with Gasteiger partial charge >= 0.3 is 0 Å². The molecule has 0 saturated heterocycles. The number of nitrogens with one attached hydrogen (secondary N) is 1. The predicted molar refractivity (Wildman–Crippen MR) is 67.2 cm³/mol. The summed E-state index contributed by atoms with van der Waals surface area (Å²) in [4.78, 5) is 5.45. The normalized spacial score (nSPS) is 11.4. The Kier molecular flexibility index (Phi) is 4.78.